The van der Waals surface area contributed by atoms with Crippen LogP contribution in [0.1, 0.15) is 55.6 Å². The summed E-state index contributed by atoms with van der Waals surface area (Å²) in [5, 5.41) is 23.9. The molecule has 2 aromatic carbocycles. The topological polar surface area (TPSA) is 75.3 Å². The van der Waals surface area contributed by atoms with Gasteiger partial charge >= 0.3 is 0 Å². The number of benzene rings is 2. The lowest BCUT2D eigenvalue weighted by molar-refractivity contribution is -0.118. The minimum Gasteiger partial charge on any atom is -0.396 e. The number of Topliss-reactive ketones (excluding diaryl/α,β-unsaturated/α-hetero) is 1. The summed E-state index contributed by atoms with van der Waals surface area (Å²) in [6.07, 6.45) is 0.888. The van der Waals surface area contributed by atoms with Crippen LogP contribution >= 0.6 is 11.6 Å². The van der Waals surface area contributed by atoms with E-state index >= 15 is 0 Å². The highest BCUT2D eigenvalue weighted by Crippen LogP contribution is 2.26. The van der Waals surface area contributed by atoms with Crippen LogP contribution in [0.3, 0.4) is 0 Å². The molecule has 0 fully saturated rings. The van der Waals surface area contributed by atoms with Gasteiger partial charge in [0.2, 0.25) is 0 Å². The molecule has 0 aliphatic heterocycles. The quantitative estimate of drug-likeness (QED) is 0.470. The summed E-state index contributed by atoms with van der Waals surface area (Å²) in [4.78, 5) is 12.7. The maximum absolute atomic E-state index is 14.4. The van der Waals surface area contributed by atoms with Gasteiger partial charge in [0.15, 0.2) is 0 Å². The standard InChI is InChI=1S/C26H30ClFN2O3/c1-26(2,3)25-14-21(30(29-25)20-6-4-5-19(27)13-20)8-9-22(33)11-17-7-10-23(24(28)12-17)18(15-31)16-32/h4-7,10,12-14,18,31-32H,8-9,11,15-16H2,1-3H3. The van der Waals surface area contributed by atoms with Crippen molar-refractivity contribution in [1.82, 2.24) is 9.78 Å². The zero-order chi connectivity index (χ0) is 24.2. The van der Waals surface area contributed by atoms with E-state index in [0.29, 0.717) is 17.0 Å². The summed E-state index contributed by atoms with van der Waals surface area (Å²) in [5.74, 6) is -1.21. The molecule has 176 valence electrons. The van der Waals surface area contributed by atoms with Crippen molar-refractivity contribution in [3.63, 3.8) is 0 Å². The van der Waals surface area contributed by atoms with Gasteiger partial charge in [0.05, 0.1) is 24.6 Å². The molecule has 33 heavy (non-hydrogen) atoms. The minimum absolute atomic E-state index is 0.0147. The van der Waals surface area contributed by atoms with Gasteiger partial charge in [-0.1, -0.05) is 50.6 Å². The van der Waals surface area contributed by atoms with Gasteiger partial charge < -0.3 is 10.2 Å². The van der Waals surface area contributed by atoms with Crippen LogP contribution in [0.25, 0.3) is 5.69 Å². The van der Waals surface area contributed by atoms with Crippen LogP contribution in [0.4, 0.5) is 4.39 Å². The molecule has 0 aliphatic carbocycles. The fourth-order valence-corrected chi connectivity index (χ4v) is 3.83. The number of aromatic nitrogens is 2. The van der Waals surface area contributed by atoms with E-state index in [1.807, 2.05) is 28.9 Å². The molecule has 0 amide bonds. The first kappa shape index (κ1) is 25.1. The number of carbonyl (C=O) groups is 1. The van der Waals surface area contributed by atoms with Crippen molar-refractivity contribution >= 4 is 17.4 Å². The van der Waals surface area contributed by atoms with Crippen molar-refractivity contribution in [1.29, 1.82) is 0 Å². The Hall–Kier alpha value is -2.54. The normalized spacial score (nSPS) is 11.9. The molecule has 0 bridgehead atoms. The summed E-state index contributed by atoms with van der Waals surface area (Å²) in [6.45, 7) is 5.57. The van der Waals surface area contributed by atoms with E-state index in [9.17, 15) is 19.4 Å². The highest BCUT2D eigenvalue weighted by atomic mass is 35.5. The van der Waals surface area contributed by atoms with Crippen LogP contribution in [0.5, 0.6) is 0 Å². The summed E-state index contributed by atoms with van der Waals surface area (Å²) in [7, 11) is 0. The summed E-state index contributed by atoms with van der Waals surface area (Å²) >= 11 is 6.17. The Labute approximate surface area is 198 Å². The van der Waals surface area contributed by atoms with Crippen molar-refractivity contribution in [2.24, 2.45) is 0 Å². The van der Waals surface area contributed by atoms with Gasteiger partial charge in [0.25, 0.3) is 0 Å². The Balaban J connectivity index is 1.75. The fourth-order valence-electron chi connectivity index (χ4n) is 3.65. The lowest BCUT2D eigenvalue weighted by Crippen LogP contribution is -2.12. The van der Waals surface area contributed by atoms with E-state index in [2.05, 4.69) is 20.8 Å². The third kappa shape index (κ3) is 6.28. The maximum atomic E-state index is 14.4. The Morgan fingerprint density at radius 1 is 1.12 bits per heavy atom. The van der Waals surface area contributed by atoms with Gasteiger partial charge in [-0.15, -0.1) is 0 Å². The number of nitrogens with zero attached hydrogens (tertiary/aromatic N) is 2. The smallest absolute Gasteiger partial charge is 0.137 e. The fraction of sp³-hybridized carbons (Fsp3) is 0.385. The van der Waals surface area contributed by atoms with Crippen LogP contribution in [-0.2, 0) is 23.1 Å². The van der Waals surface area contributed by atoms with E-state index in [1.54, 1.807) is 12.1 Å². The van der Waals surface area contributed by atoms with Crippen LogP contribution < -0.4 is 0 Å². The molecular formula is C26H30ClFN2O3. The summed E-state index contributed by atoms with van der Waals surface area (Å²) < 4.78 is 16.2. The number of hydrogen-bond acceptors (Lipinski definition) is 4. The lowest BCUT2D eigenvalue weighted by atomic mass is 9.92. The largest absolute Gasteiger partial charge is 0.396 e. The first-order valence-corrected chi connectivity index (χ1v) is 11.4. The van der Waals surface area contributed by atoms with Gasteiger partial charge in [-0.05, 0) is 47.9 Å². The zero-order valence-electron chi connectivity index (χ0n) is 19.2. The van der Waals surface area contributed by atoms with Gasteiger partial charge in [0.1, 0.15) is 11.6 Å². The molecule has 3 rings (SSSR count). The highest BCUT2D eigenvalue weighted by Gasteiger charge is 2.21. The predicted octanol–water partition coefficient (Wildman–Crippen LogP) is 4.77. The lowest BCUT2D eigenvalue weighted by Gasteiger charge is -2.14. The van der Waals surface area contributed by atoms with Gasteiger partial charge in [-0.2, -0.15) is 5.10 Å². The Morgan fingerprint density at radius 3 is 2.45 bits per heavy atom. The molecule has 0 unspecified atom stereocenters. The molecule has 3 aromatic rings. The predicted molar refractivity (Wildman–Crippen MR) is 128 cm³/mol. The van der Waals surface area contributed by atoms with E-state index in [-0.39, 0.29) is 42.8 Å². The molecule has 0 saturated carbocycles. The molecule has 1 heterocycles. The molecule has 7 heteroatoms. The molecule has 1 aromatic heterocycles. The Kier molecular flexibility index (Phi) is 8.05. The number of ketones is 1. The van der Waals surface area contributed by atoms with Crippen LogP contribution in [0, 0.1) is 5.82 Å². The van der Waals surface area contributed by atoms with E-state index in [1.165, 1.54) is 12.1 Å². The second kappa shape index (κ2) is 10.6. The molecule has 0 spiro atoms. The van der Waals surface area contributed by atoms with Gasteiger partial charge in [-0.25, -0.2) is 9.07 Å². The second-order valence-corrected chi connectivity index (χ2v) is 9.73. The number of aliphatic hydroxyl groups excluding tert-OH is 2. The average Bonchev–Trinajstić information content (AvgIpc) is 3.19. The maximum Gasteiger partial charge on any atom is 0.137 e. The monoisotopic (exact) mass is 472 g/mol. The minimum atomic E-state index is -0.668. The first-order valence-electron chi connectivity index (χ1n) is 11.0. The SMILES string of the molecule is CC(C)(C)c1cc(CCC(=O)Cc2ccc(C(CO)CO)c(F)c2)n(-c2cccc(Cl)c2)n1. The Morgan fingerprint density at radius 2 is 1.85 bits per heavy atom. The van der Waals surface area contributed by atoms with E-state index in [0.717, 1.165) is 17.1 Å². The summed E-state index contributed by atoms with van der Waals surface area (Å²) in [6, 6.07) is 13.9. The van der Waals surface area contributed by atoms with Crippen LogP contribution in [-0.4, -0.2) is 39.0 Å². The number of aryl methyl sites for hydroxylation is 1. The molecular weight excluding hydrogens is 443 g/mol. The first-order chi connectivity index (χ1) is 15.6. The number of hydrogen-bond donors (Lipinski definition) is 2. The number of rotatable bonds is 9. The molecule has 5 nitrogen and oxygen atoms in total. The third-order valence-corrected chi connectivity index (χ3v) is 5.85. The van der Waals surface area contributed by atoms with Crippen LogP contribution in [0.15, 0.2) is 48.5 Å². The number of aliphatic hydroxyl groups is 2. The molecule has 2 N–H and O–H groups in total. The van der Waals surface area contributed by atoms with Crippen molar-refractivity contribution in [2.75, 3.05) is 13.2 Å². The second-order valence-electron chi connectivity index (χ2n) is 9.30. The van der Waals surface area contributed by atoms with E-state index < -0.39 is 11.7 Å². The molecule has 0 atom stereocenters. The third-order valence-electron chi connectivity index (χ3n) is 5.61. The summed E-state index contributed by atoms with van der Waals surface area (Å²) in [5.41, 5.74) is 3.32. The zero-order valence-corrected chi connectivity index (χ0v) is 19.9. The van der Waals surface area contributed by atoms with Gasteiger partial charge in [0, 0.05) is 34.9 Å². The van der Waals surface area contributed by atoms with Crippen molar-refractivity contribution in [3.8, 4) is 5.69 Å². The highest BCUT2D eigenvalue weighted by molar-refractivity contribution is 6.30. The van der Waals surface area contributed by atoms with Crippen LogP contribution in [0.2, 0.25) is 5.02 Å². The van der Waals surface area contributed by atoms with Crippen molar-refractivity contribution in [3.05, 3.63) is 81.9 Å². The molecule has 0 saturated heterocycles. The van der Waals surface area contributed by atoms with Crippen molar-refractivity contribution in [2.45, 2.75) is 51.4 Å². The molecule has 0 radical (unpaired) electrons. The Bertz CT molecular complexity index is 1120. The molecule has 0 aliphatic rings. The average molecular weight is 473 g/mol. The van der Waals surface area contributed by atoms with Gasteiger partial charge in [-0.3, -0.25) is 4.79 Å². The van der Waals surface area contributed by atoms with E-state index in [4.69, 9.17) is 16.7 Å². The van der Waals surface area contributed by atoms with Crippen molar-refractivity contribution < 1.29 is 19.4 Å². The number of carbonyl (C=O) groups excluding carboxylic acids is 1. The number of halogens is 2.